The molecule has 0 heterocycles. The Balaban J connectivity index is 1.27. The van der Waals surface area contributed by atoms with Crippen LogP contribution in [0, 0.1) is 0 Å². The van der Waals surface area contributed by atoms with Gasteiger partial charge in [0, 0.05) is 18.4 Å². The molecule has 0 spiro atoms. The van der Waals surface area contributed by atoms with Gasteiger partial charge in [0.15, 0.2) is 28.8 Å². The van der Waals surface area contributed by atoms with Gasteiger partial charge in [0.2, 0.25) is 11.7 Å². The van der Waals surface area contributed by atoms with Gasteiger partial charge in [-0.15, -0.1) is 0 Å². The highest BCUT2D eigenvalue weighted by atomic mass is 16.5. The summed E-state index contributed by atoms with van der Waals surface area (Å²) in [5, 5.41) is 23.6. The lowest BCUT2D eigenvalue weighted by Crippen LogP contribution is -2.42. The van der Waals surface area contributed by atoms with Gasteiger partial charge in [0.1, 0.15) is 13.2 Å². The fourth-order valence-corrected chi connectivity index (χ4v) is 5.10. The lowest BCUT2D eigenvalue weighted by atomic mass is 9.96. The molecule has 0 aromatic heterocycles. The zero-order chi connectivity index (χ0) is 33.0. The van der Waals surface area contributed by atoms with Crippen molar-refractivity contribution in [2.24, 2.45) is 0 Å². The molecule has 1 amide bonds. The fourth-order valence-electron chi connectivity index (χ4n) is 5.10. The molecule has 8 nitrogen and oxygen atoms in total. The van der Waals surface area contributed by atoms with Crippen LogP contribution in [0.15, 0.2) is 121 Å². The number of methoxy groups -OCH3 is 1. The maximum Gasteiger partial charge on any atom is 0.220 e. The van der Waals surface area contributed by atoms with Crippen molar-refractivity contribution in [1.82, 2.24) is 5.32 Å². The number of benzene rings is 5. The second-order valence-corrected chi connectivity index (χ2v) is 11.0. The van der Waals surface area contributed by atoms with Gasteiger partial charge < -0.3 is 29.7 Å². The molecule has 0 aliphatic carbocycles. The minimum Gasteiger partial charge on any atom is -0.504 e. The Morgan fingerprint density at radius 3 is 1.83 bits per heavy atom. The number of phenolic OH excluding ortho intramolecular Hbond substituents is 2. The average molecular weight is 632 g/mol. The number of carbonyl (C=O) groups is 2. The third kappa shape index (κ3) is 9.14. The Morgan fingerprint density at radius 1 is 0.660 bits per heavy atom. The minimum absolute atomic E-state index is 0.0382. The Labute approximate surface area is 274 Å². The second-order valence-electron chi connectivity index (χ2n) is 11.0. The summed E-state index contributed by atoms with van der Waals surface area (Å²) in [6.45, 7) is 0.544. The average Bonchev–Trinajstić information content (AvgIpc) is 3.11. The van der Waals surface area contributed by atoms with Crippen LogP contribution in [0.3, 0.4) is 0 Å². The van der Waals surface area contributed by atoms with Gasteiger partial charge in [-0.2, -0.15) is 0 Å². The molecule has 0 aliphatic rings. The summed E-state index contributed by atoms with van der Waals surface area (Å²) in [5.41, 5.74) is 3.76. The van der Waals surface area contributed by atoms with Crippen LogP contribution in [0.25, 0.3) is 0 Å². The van der Waals surface area contributed by atoms with E-state index in [-0.39, 0.29) is 54.8 Å². The topological polar surface area (TPSA) is 114 Å². The van der Waals surface area contributed by atoms with Crippen molar-refractivity contribution in [3.05, 3.63) is 149 Å². The minimum atomic E-state index is -0.844. The van der Waals surface area contributed by atoms with E-state index in [4.69, 9.17) is 14.2 Å². The molecule has 5 rings (SSSR count). The van der Waals surface area contributed by atoms with E-state index in [0.29, 0.717) is 29.2 Å². The van der Waals surface area contributed by atoms with Crippen LogP contribution in [0.4, 0.5) is 0 Å². The number of phenols is 2. The number of aromatic hydroxyl groups is 2. The molecule has 0 fully saturated rings. The van der Waals surface area contributed by atoms with Crippen molar-refractivity contribution in [1.29, 1.82) is 0 Å². The molecule has 0 aliphatic heterocycles. The summed E-state index contributed by atoms with van der Waals surface area (Å²) in [6.07, 6.45) is 0.572. The van der Waals surface area contributed by atoms with E-state index in [1.807, 2.05) is 91.0 Å². The first-order valence-corrected chi connectivity index (χ1v) is 15.3. The number of ether oxygens (including phenoxy) is 3. The standard InChI is InChI=1S/C39H37NO7/c1-45-35-24-31(18-19-34(35)46-25-28-13-7-3-8-14-28)38(43)32(21-27-11-5-2-6-12-27)40-37(42)20-17-30-22-33(41)39(44)36(23-30)47-26-29-15-9-4-10-16-29/h2-16,18-19,22-24,32,41,44H,17,20-21,25-26H2,1H3,(H,40,42). The van der Waals surface area contributed by atoms with E-state index in [1.54, 1.807) is 24.3 Å². The van der Waals surface area contributed by atoms with Gasteiger partial charge in [-0.3, -0.25) is 9.59 Å². The highest BCUT2D eigenvalue weighted by Crippen LogP contribution is 2.37. The molecular weight excluding hydrogens is 594 g/mol. The third-order valence-corrected chi connectivity index (χ3v) is 7.61. The molecule has 1 unspecified atom stereocenters. The van der Waals surface area contributed by atoms with Crippen LogP contribution in [0.2, 0.25) is 0 Å². The Morgan fingerprint density at radius 2 is 1.23 bits per heavy atom. The molecule has 1 atom stereocenters. The molecule has 3 N–H and O–H groups in total. The second kappa shape index (κ2) is 16.0. The van der Waals surface area contributed by atoms with Crippen LogP contribution in [0.1, 0.15) is 39.0 Å². The molecule has 0 saturated carbocycles. The molecule has 0 bridgehead atoms. The highest BCUT2D eigenvalue weighted by Gasteiger charge is 2.24. The Hall–Kier alpha value is -5.76. The predicted molar refractivity (Wildman–Crippen MR) is 179 cm³/mol. The van der Waals surface area contributed by atoms with Gasteiger partial charge >= 0.3 is 0 Å². The van der Waals surface area contributed by atoms with Crippen molar-refractivity contribution < 1.29 is 34.0 Å². The Kier molecular flexibility index (Phi) is 11.1. The zero-order valence-corrected chi connectivity index (χ0v) is 26.1. The molecule has 47 heavy (non-hydrogen) atoms. The van der Waals surface area contributed by atoms with Gasteiger partial charge in [-0.05, 0) is 59.0 Å². The first-order chi connectivity index (χ1) is 22.9. The first kappa shape index (κ1) is 32.6. The maximum atomic E-state index is 13.8. The van der Waals surface area contributed by atoms with E-state index in [1.165, 1.54) is 13.2 Å². The number of hydrogen-bond acceptors (Lipinski definition) is 7. The summed E-state index contributed by atoms with van der Waals surface area (Å²) in [6, 6.07) is 35.8. The number of carbonyl (C=O) groups excluding carboxylic acids is 2. The smallest absolute Gasteiger partial charge is 0.220 e. The van der Waals surface area contributed by atoms with Crippen molar-refractivity contribution in [3.8, 4) is 28.7 Å². The van der Waals surface area contributed by atoms with E-state index in [9.17, 15) is 19.8 Å². The van der Waals surface area contributed by atoms with Gasteiger partial charge in [-0.1, -0.05) is 91.0 Å². The van der Waals surface area contributed by atoms with Gasteiger partial charge in [0.25, 0.3) is 0 Å². The predicted octanol–water partition coefficient (Wildman–Crippen LogP) is 6.81. The molecule has 240 valence electrons. The molecule has 5 aromatic carbocycles. The van der Waals surface area contributed by atoms with Crippen LogP contribution < -0.4 is 19.5 Å². The largest absolute Gasteiger partial charge is 0.504 e. The summed E-state index contributed by atoms with van der Waals surface area (Å²) in [5.74, 6) is -0.286. The fraction of sp³-hybridized carbons (Fsp3) is 0.179. The molecule has 0 radical (unpaired) electrons. The van der Waals surface area contributed by atoms with Crippen LogP contribution in [0.5, 0.6) is 28.7 Å². The number of amides is 1. The van der Waals surface area contributed by atoms with E-state index in [2.05, 4.69) is 5.32 Å². The number of Topliss-reactive ketones (excluding diaryl/α,β-unsaturated/α-hetero) is 1. The molecule has 5 aromatic rings. The van der Waals surface area contributed by atoms with Crippen LogP contribution in [-0.2, 0) is 30.8 Å². The van der Waals surface area contributed by atoms with Crippen molar-refractivity contribution in [3.63, 3.8) is 0 Å². The van der Waals surface area contributed by atoms with Crippen LogP contribution in [-0.4, -0.2) is 35.1 Å². The monoisotopic (exact) mass is 631 g/mol. The molecular formula is C39H37NO7. The number of hydrogen-bond donors (Lipinski definition) is 3. The summed E-state index contributed by atoms with van der Waals surface area (Å²) < 4.78 is 17.3. The highest BCUT2D eigenvalue weighted by molar-refractivity contribution is 6.02. The summed E-state index contributed by atoms with van der Waals surface area (Å²) in [7, 11) is 1.52. The number of nitrogens with one attached hydrogen (secondary N) is 1. The molecule has 0 saturated heterocycles. The van der Waals surface area contributed by atoms with Crippen molar-refractivity contribution >= 4 is 11.7 Å². The number of rotatable bonds is 15. The molecule has 8 heteroatoms. The SMILES string of the molecule is COc1cc(C(=O)C(Cc2ccccc2)NC(=O)CCc2cc(O)c(O)c(OCc3ccccc3)c2)ccc1OCc1ccccc1. The van der Waals surface area contributed by atoms with Gasteiger partial charge in [-0.25, -0.2) is 0 Å². The normalized spacial score (nSPS) is 11.3. The lowest BCUT2D eigenvalue weighted by Gasteiger charge is -2.19. The van der Waals surface area contributed by atoms with Gasteiger partial charge in [0.05, 0.1) is 13.2 Å². The van der Waals surface area contributed by atoms with E-state index < -0.39 is 6.04 Å². The third-order valence-electron chi connectivity index (χ3n) is 7.61. The number of aryl methyl sites for hydroxylation is 1. The van der Waals surface area contributed by atoms with E-state index in [0.717, 1.165) is 16.7 Å². The van der Waals surface area contributed by atoms with Crippen molar-refractivity contribution in [2.45, 2.75) is 38.5 Å². The van der Waals surface area contributed by atoms with Crippen molar-refractivity contribution in [2.75, 3.05) is 7.11 Å². The van der Waals surface area contributed by atoms with Crippen LogP contribution >= 0.6 is 0 Å². The first-order valence-electron chi connectivity index (χ1n) is 15.3. The van der Waals surface area contributed by atoms with E-state index >= 15 is 0 Å². The Bertz CT molecular complexity index is 1780. The quantitative estimate of drug-likeness (QED) is 0.0860. The number of ketones is 1. The lowest BCUT2D eigenvalue weighted by molar-refractivity contribution is -0.121. The summed E-state index contributed by atoms with van der Waals surface area (Å²) in [4.78, 5) is 27.1. The zero-order valence-electron chi connectivity index (χ0n) is 26.1. The summed E-state index contributed by atoms with van der Waals surface area (Å²) >= 11 is 0. The maximum absolute atomic E-state index is 13.8.